The number of aromatic nitrogens is 2. The molecule has 0 saturated carbocycles. The van der Waals surface area contributed by atoms with Gasteiger partial charge in [-0.05, 0) is 18.6 Å². The van der Waals surface area contributed by atoms with Crippen LogP contribution in [0.2, 0.25) is 0 Å². The van der Waals surface area contributed by atoms with E-state index in [0.29, 0.717) is 5.52 Å². The van der Waals surface area contributed by atoms with E-state index < -0.39 is 11.9 Å². The van der Waals surface area contributed by atoms with Gasteiger partial charge in [-0.15, -0.1) is 0 Å². The summed E-state index contributed by atoms with van der Waals surface area (Å²) in [5, 5.41) is 3.61. The molecule has 17 heavy (non-hydrogen) atoms. The molecule has 0 aliphatic heterocycles. The normalized spacial score (nSPS) is 14.2. The quantitative estimate of drug-likeness (QED) is 0.836. The van der Waals surface area contributed by atoms with Gasteiger partial charge in [0.2, 0.25) is 0 Å². The van der Waals surface area contributed by atoms with Crippen molar-refractivity contribution in [3.8, 4) is 0 Å². The third kappa shape index (κ3) is 2.00. The second-order valence-electron chi connectivity index (χ2n) is 4.04. The summed E-state index contributed by atoms with van der Waals surface area (Å²) in [5.74, 6) is 0. The molecule has 1 aromatic heterocycles. The maximum atomic E-state index is 12.7. The predicted molar refractivity (Wildman–Crippen MR) is 58.3 cm³/mol. The highest BCUT2D eigenvalue weighted by molar-refractivity contribution is 5.83. The van der Waals surface area contributed by atoms with Crippen LogP contribution in [0, 0.1) is 0 Å². The third-order valence-corrected chi connectivity index (χ3v) is 2.67. The Morgan fingerprint density at radius 3 is 2.53 bits per heavy atom. The van der Waals surface area contributed by atoms with Crippen LogP contribution in [0.15, 0.2) is 18.2 Å². The number of halogens is 3. The first-order chi connectivity index (χ1) is 7.80. The predicted octanol–water partition coefficient (Wildman–Crippen LogP) is 2.61. The van der Waals surface area contributed by atoms with Crippen molar-refractivity contribution in [1.29, 1.82) is 0 Å². The lowest BCUT2D eigenvalue weighted by atomic mass is 10.1. The van der Waals surface area contributed by atoms with Crippen molar-refractivity contribution in [2.45, 2.75) is 19.1 Å². The van der Waals surface area contributed by atoms with E-state index in [1.54, 1.807) is 19.1 Å². The fourth-order valence-electron chi connectivity index (χ4n) is 1.77. The summed E-state index contributed by atoms with van der Waals surface area (Å²) in [6.45, 7) is 1.78. The molecule has 1 heterocycles. The summed E-state index contributed by atoms with van der Waals surface area (Å²) in [7, 11) is 1.49. The summed E-state index contributed by atoms with van der Waals surface area (Å²) in [4.78, 5) is 0. The van der Waals surface area contributed by atoms with E-state index in [1.807, 2.05) is 0 Å². The van der Waals surface area contributed by atoms with E-state index in [2.05, 4.69) is 5.10 Å². The minimum Gasteiger partial charge on any atom is -0.324 e. The van der Waals surface area contributed by atoms with Crippen molar-refractivity contribution in [2.24, 2.45) is 12.8 Å². The summed E-state index contributed by atoms with van der Waals surface area (Å²) >= 11 is 0. The van der Waals surface area contributed by atoms with Crippen LogP contribution in [0.25, 0.3) is 10.9 Å². The number of alkyl halides is 3. The Morgan fingerprint density at radius 2 is 2.00 bits per heavy atom. The number of benzene rings is 1. The SMILES string of the molecule is CC(N)c1ccc2c(C(F)(F)F)nn(C)c2c1. The molecule has 0 aliphatic carbocycles. The first-order valence-electron chi connectivity index (χ1n) is 5.10. The minimum atomic E-state index is -4.44. The van der Waals surface area contributed by atoms with E-state index in [0.717, 1.165) is 5.56 Å². The Balaban J connectivity index is 2.70. The van der Waals surface area contributed by atoms with Crippen molar-refractivity contribution in [2.75, 3.05) is 0 Å². The van der Waals surface area contributed by atoms with Crippen molar-refractivity contribution in [3.63, 3.8) is 0 Å². The van der Waals surface area contributed by atoms with Crippen molar-refractivity contribution >= 4 is 10.9 Å². The molecule has 0 aliphatic rings. The van der Waals surface area contributed by atoms with Crippen LogP contribution >= 0.6 is 0 Å². The Kier molecular flexibility index (Phi) is 2.61. The molecular formula is C11H12F3N3. The molecule has 3 nitrogen and oxygen atoms in total. The Morgan fingerprint density at radius 1 is 1.35 bits per heavy atom. The van der Waals surface area contributed by atoms with Gasteiger partial charge in [0.1, 0.15) is 0 Å². The molecule has 2 aromatic rings. The van der Waals surface area contributed by atoms with Gasteiger partial charge in [-0.1, -0.05) is 12.1 Å². The number of hydrogen-bond donors (Lipinski definition) is 1. The lowest BCUT2D eigenvalue weighted by molar-refractivity contribution is -0.140. The topological polar surface area (TPSA) is 43.8 Å². The number of nitrogens with zero attached hydrogens (tertiary/aromatic N) is 2. The van der Waals surface area contributed by atoms with Crippen LogP contribution in [-0.4, -0.2) is 9.78 Å². The molecule has 6 heteroatoms. The molecule has 1 aromatic carbocycles. The smallest absolute Gasteiger partial charge is 0.324 e. The van der Waals surface area contributed by atoms with Crippen molar-refractivity contribution < 1.29 is 13.2 Å². The first-order valence-corrected chi connectivity index (χ1v) is 5.10. The number of rotatable bonds is 1. The van der Waals surface area contributed by atoms with Crippen LogP contribution in [0.4, 0.5) is 13.2 Å². The van der Waals surface area contributed by atoms with Gasteiger partial charge in [-0.25, -0.2) is 0 Å². The Bertz CT molecular complexity index is 555. The van der Waals surface area contributed by atoms with E-state index in [-0.39, 0.29) is 11.4 Å². The van der Waals surface area contributed by atoms with Crippen LogP contribution in [0.3, 0.4) is 0 Å². The zero-order valence-corrected chi connectivity index (χ0v) is 9.42. The summed E-state index contributed by atoms with van der Waals surface area (Å²) in [6.07, 6.45) is -4.44. The van der Waals surface area contributed by atoms with Gasteiger partial charge in [-0.2, -0.15) is 18.3 Å². The monoisotopic (exact) mass is 243 g/mol. The second-order valence-corrected chi connectivity index (χ2v) is 4.04. The zero-order chi connectivity index (χ0) is 12.8. The fourth-order valence-corrected chi connectivity index (χ4v) is 1.77. The maximum absolute atomic E-state index is 12.7. The lowest BCUT2D eigenvalue weighted by Crippen LogP contribution is -2.07. The number of aryl methyl sites for hydroxylation is 1. The summed E-state index contributed by atoms with van der Waals surface area (Å²) in [6, 6.07) is 4.44. The standard InChI is InChI=1S/C11H12F3N3/c1-6(15)7-3-4-8-9(5-7)17(2)16-10(8)11(12,13)14/h3-6H,15H2,1-2H3. The summed E-state index contributed by atoms with van der Waals surface area (Å²) < 4.78 is 39.3. The van der Waals surface area contributed by atoms with Gasteiger partial charge >= 0.3 is 6.18 Å². The highest BCUT2D eigenvalue weighted by Crippen LogP contribution is 2.34. The molecule has 0 fully saturated rings. The van der Waals surface area contributed by atoms with Gasteiger partial charge in [0, 0.05) is 18.5 Å². The molecule has 0 radical (unpaired) electrons. The van der Waals surface area contributed by atoms with Gasteiger partial charge in [-0.3, -0.25) is 4.68 Å². The maximum Gasteiger partial charge on any atom is 0.435 e. The molecule has 0 saturated heterocycles. The molecule has 2 N–H and O–H groups in total. The van der Waals surface area contributed by atoms with Crippen LogP contribution in [0.5, 0.6) is 0 Å². The molecule has 0 spiro atoms. The van der Waals surface area contributed by atoms with E-state index in [9.17, 15) is 13.2 Å². The molecule has 2 rings (SSSR count). The highest BCUT2D eigenvalue weighted by Gasteiger charge is 2.36. The summed E-state index contributed by atoms with van der Waals surface area (Å²) in [5.41, 5.74) is 6.06. The molecule has 92 valence electrons. The molecule has 0 bridgehead atoms. The molecule has 1 atom stereocenters. The van der Waals surface area contributed by atoms with Crippen molar-refractivity contribution in [1.82, 2.24) is 9.78 Å². The number of hydrogen-bond acceptors (Lipinski definition) is 2. The van der Waals surface area contributed by atoms with Crippen LogP contribution in [-0.2, 0) is 13.2 Å². The number of fused-ring (bicyclic) bond motifs is 1. The largest absolute Gasteiger partial charge is 0.435 e. The van der Waals surface area contributed by atoms with Gasteiger partial charge in [0.15, 0.2) is 5.69 Å². The highest BCUT2D eigenvalue weighted by atomic mass is 19.4. The molecule has 0 amide bonds. The van der Waals surface area contributed by atoms with Crippen LogP contribution < -0.4 is 5.73 Å². The van der Waals surface area contributed by atoms with Crippen molar-refractivity contribution in [3.05, 3.63) is 29.5 Å². The third-order valence-electron chi connectivity index (χ3n) is 2.67. The van der Waals surface area contributed by atoms with Gasteiger partial charge < -0.3 is 5.73 Å². The van der Waals surface area contributed by atoms with E-state index >= 15 is 0 Å². The number of nitrogens with two attached hydrogens (primary N) is 1. The Hall–Kier alpha value is -1.56. The van der Waals surface area contributed by atoms with E-state index in [4.69, 9.17) is 5.73 Å². The lowest BCUT2D eigenvalue weighted by Gasteiger charge is -2.06. The molecular weight excluding hydrogens is 231 g/mol. The van der Waals surface area contributed by atoms with E-state index in [1.165, 1.54) is 17.8 Å². The minimum absolute atomic E-state index is 0.101. The Labute approximate surface area is 96.0 Å². The van der Waals surface area contributed by atoms with Gasteiger partial charge in [0.25, 0.3) is 0 Å². The second kappa shape index (κ2) is 3.73. The van der Waals surface area contributed by atoms with Crippen LogP contribution in [0.1, 0.15) is 24.2 Å². The zero-order valence-electron chi connectivity index (χ0n) is 9.42. The fraction of sp³-hybridized carbons (Fsp3) is 0.364. The van der Waals surface area contributed by atoms with Gasteiger partial charge in [0.05, 0.1) is 5.52 Å². The average Bonchev–Trinajstić information content (AvgIpc) is 2.55. The first kappa shape index (κ1) is 11.9. The average molecular weight is 243 g/mol. The molecule has 1 unspecified atom stereocenters.